The molecule has 0 fully saturated rings. The van der Waals surface area contributed by atoms with Crippen molar-refractivity contribution in [2.24, 2.45) is 0 Å². The minimum Gasteiger partial charge on any atom is -0.453 e. The number of fused-ring (bicyclic) bond motifs is 3. The van der Waals surface area contributed by atoms with E-state index in [1.165, 1.54) is 29.2 Å². The Morgan fingerprint density at radius 2 is 1.83 bits per heavy atom. The molecule has 0 atom stereocenters. The summed E-state index contributed by atoms with van der Waals surface area (Å²) in [6.07, 6.45) is -2.34. The molecule has 9 heteroatoms. The fourth-order valence-electron chi connectivity index (χ4n) is 3.25. The fraction of sp³-hybridized carbons (Fsp3) is 0.100. The zero-order chi connectivity index (χ0) is 20.2. The standard InChI is InChI=1S/C20H11F3N2O4/c21-20(22,23)19-15(11-8-24-25(9-11)12-4-2-1-3-5-12)16(26)13-6-7-14-18(17(13)29-19)28-10-27-14/h1-9H,10H2. The van der Waals surface area contributed by atoms with Crippen molar-refractivity contribution in [1.82, 2.24) is 9.78 Å². The van der Waals surface area contributed by atoms with Crippen LogP contribution < -0.4 is 14.9 Å². The van der Waals surface area contributed by atoms with E-state index >= 15 is 0 Å². The number of halogens is 3. The Morgan fingerprint density at radius 3 is 2.59 bits per heavy atom. The Hall–Kier alpha value is -3.75. The molecule has 1 aliphatic rings. The van der Waals surface area contributed by atoms with Gasteiger partial charge in [0.15, 0.2) is 11.3 Å². The van der Waals surface area contributed by atoms with Gasteiger partial charge in [0, 0.05) is 11.8 Å². The van der Waals surface area contributed by atoms with Gasteiger partial charge in [0.2, 0.25) is 23.7 Å². The number of para-hydroxylation sites is 1. The van der Waals surface area contributed by atoms with Gasteiger partial charge in [-0.25, -0.2) is 4.68 Å². The lowest BCUT2D eigenvalue weighted by Crippen LogP contribution is -2.16. The molecule has 0 N–H and O–H groups in total. The molecular weight excluding hydrogens is 389 g/mol. The van der Waals surface area contributed by atoms with Crippen molar-refractivity contribution in [2.45, 2.75) is 6.18 Å². The van der Waals surface area contributed by atoms with Crippen molar-refractivity contribution in [3.63, 3.8) is 0 Å². The smallest absolute Gasteiger partial charge is 0.450 e. The predicted molar refractivity (Wildman–Crippen MR) is 96.2 cm³/mol. The maximum atomic E-state index is 13.8. The number of aromatic nitrogens is 2. The second-order valence-corrected chi connectivity index (χ2v) is 6.32. The summed E-state index contributed by atoms with van der Waals surface area (Å²) in [7, 11) is 0. The zero-order valence-electron chi connectivity index (χ0n) is 14.6. The molecule has 0 bridgehead atoms. The van der Waals surface area contributed by atoms with Crippen LogP contribution in [0.2, 0.25) is 0 Å². The van der Waals surface area contributed by atoms with Gasteiger partial charge in [-0.2, -0.15) is 18.3 Å². The van der Waals surface area contributed by atoms with Gasteiger partial charge in [-0.1, -0.05) is 18.2 Å². The van der Waals surface area contributed by atoms with Crippen LogP contribution >= 0.6 is 0 Å². The number of ether oxygens (including phenoxy) is 2. The second kappa shape index (κ2) is 6.13. The van der Waals surface area contributed by atoms with Crippen LogP contribution in [0, 0.1) is 0 Å². The highest BCUT2D eigenvalue weighted by Gasteiger charge is 2.40. The first-order chi connectivity index (χ1) is 13.9. The Bertz CT molecular complexity index is 1290. The Balaban J connectivity index is 1.78. The van der Waals surface area contributed by atoms with Gasteiger partial charge < -0.3 is 13.9 Å². The number of hydrogen-bond donors (Lipinski definition) is 0. The van der Waals surface area contributed by atoms with Crippen molar-refractivity contribution in [3.8, 4) is 28.3 Å². The number of rotatable bonds is 2. The molecule has 0 amide bonds. The third-order valence-electron chi connectivity index (χ3n) is 4.55. The second-order valence-electron chi connectivity index (χ2n) is 6.32. The Morgan fingerprint density at radius 1 is 1.03 bits per heavy atom. The summed E-state index contributed by atoms with van der Waals surface area (Å²) in [5, 5.41) is 4.05. The van der Waals surface area contributed by atoms with E-state index in [-0.39, 0.29) is 34.8 Å². The van der Waals surface area contributed by atoms with Gasteiger partial charge in [0.05, 0.1) is 22.8 Å². The highest BCUT2D eigenvalue weighted by molar-refractivity contribution is 5.89. The van der Waals surface area contributed by atoms with Crippen molar-refractivity contribution in [1.29, 1.82) is 0 Å². The van der Waals surface area contributed by atoms with Crippen molar-refractivity contribution < 1.29 is 27.1 Å². The topological polar surface area (TPSA) is 66.5 Å². The summed E-state index contributed by atoms with van der Waals surface area (Å²) in [6, 6.07) is 11.6. The van der Waals surface area contributed by atoms with Gasteiger partial charge in [0.25, 0.3) is 0 Å². The van der Waals surface area contributed by atoms with Crippen molar-refractivity contribution >= 4 is 11.0 Å². The molecule has 0 saturated heterocycles. The van der Waals surface area contributed by atoms with Gasteiger partial charge in [-0.15, -0.1) is 0 Å². The molecule has 2 aromatic carbocycles. The van der Waals surface area contributed by atoms with Gasteiger partial charge >= 0.3 is 6.18 Å². The average molecular weight is 400 g/mol. The van der Waals surface area contributed by atoms with E-state index in [2.05, 4.69) is 5.10 Å². The SMILES string of the molecule is O=c1c(-c2cnn(-c3ccccc3)c2)c(C(F)(F)F)oc2c3c(ccc12)OCO3. The third kappa shape index (κ3) is 2.74. The van der Waals surface area contributed by atoms with Crippen LogP contribution in [-0.4, -0.2) is 16.6 Å². The average Bonchev–Trinajstić information content (AvgIpc) is 3.37. The molecule has 29 heavy (non-hydrogen) atoms. The predicted octanol–water partition coefficient (Wildman–Crippen LogP) is 4.39. The summed E-state index contributed by atoms with van der Waals surface area (Å²) in [4.78, 5) is 13.0. The molecule has 0 aliphatic carbocycles. The van der Waals surface area contributed by atoms with Crippen LogP contribution in [0.3, 0.4) is 0 Å². The minimum atomic E-state index is -4.90. The van der Waals surface area contributed by atoms with Crippen LogP contribution in [0.25, 0.3) is 27.8 Å². The van der Waals surface area contributed by atoms with Crippen LogP contribution in [0.15, 0.2) is 64.1 Å². The first-order valence-corrected chi connectivity index (χ1v) is 8.50. The molecule has 4 aromatic rings. The largest absolute Gasteiger partial charge is 0.453 e. The van der Waals surface area contributed by atoms with Gasteiger partial charge in [-0.3, -0.25) is 4.79 Å². The van der Waals surface area contributed by atoms with E-state index in [1.54, 1.807) is 30.3 Å². The van der Waals surface area contributed by atoms with Crippen LogP contribution in [0.1, 0.15) is 5.76 Å². The molecule has 0 unspecified atom stereocenters. The van der Waals surface area contributed by atoms with Gasteiger partial charge in [-0.05, 0) is 24.3 Å². The maximum Gasteiger partial charge on any atom is 0.450 e. The normalized spacial score (nSPS) is 13.2. The number of nitrogens with zero attached hydrogens (tertiary/aromatic N) is 2. The van der Waals surface area contributed by atoms with Gasteiger partial charge in [0.1, 0.15) is 0 Å². The zero-order valence-corrected chi connectivity index (χ0v) is 14.6. The summed E-state index contributed by atoms with van der Waals surface area (Å²) in [6.45, 7) is -0.162. The molecule has 6 nitrogen and oxygen atoms in total. The van der Waals surface area contributed by atoms with Crippen molar-refractivity contribution in [2.75, 3.05) is 6.79 Å². The van der Waals surface area contributed by atoms with E-state index in [1.807, 2.05) is 0 Å². The summed E-state index contributed by atoms with van der Waals surface area (Å²) >= 11 is 0. The minimum absolute atomic E-state index is 0.00510. The van der Waals surface area contributed by atoms with E-state index in [0.717, 1.165) is 0 Å². The molecule has 0 saturated carbocycles. The monoisotopic (exact) mass is 400 g/mol. The lowest BCUT2D eigenvalue weighted by atomic mass is 10.0. The lowest BCUT2D eigenvalue weighted by Gasteiger charge is -2.12. The fourth-order valence-corrected chi connectivity index (χ4v) is 3.25. The van der Waals surface area contributed by atoms with E-state index < -0.39 is 22.9 Å². The number of benzene rings is 2. The molecule has 0 spiro atoms. The number of hydrogen-bond acceptors (Lipinski definition) is 5. The molecule has 2 aromatic heterocycles. The highest BCUT2D eigenvalue weighted by atomic mass is 19.4. The summed E-state index contributed by atoms with van der Waals surface area (Å²) in [5.74, 6) is -1.21. The molecule has 3 heterocycles. The van der Waals surface area contributed by atoms with Crippen LogP contribution in [0.5, 0.6) is 11.5 Å². The lowest BCUT2D eigenvalue weighted by molar-refractivity contribution is -0.152. The molecule has 0 radical (unpaired) electrons. The molecule has 1 aliphatic heterocycles. The van der Waals surface area contributed by atoms with Crippen LogP contribution in [0.4, 0.5) is 13.2 Å². The highest BCUT2D eigenvalue weighted by Crippen LogP contribution is 2.43. The Kier molecular flexibility index (Phi) is 3.67. The maximum absolute atomic E-state index is 13.8. The molecule has 146 valence electrons. The van der Waals surface area contributed by atoms with E-state index in [9.17, 15) is 18.0 Å². The quantitative estimate of drug-likeness (QED) is 0.499. The summed E-state index contributed by atoms with van der Waals surface area (Å²) < 4.78 is 58.3. The molecule has 5 rings (SSSR count). The third-order valence-corrected chi connectivity index (χ3v) is 4.55. The molecular formula is C20H11F3N2O4. The first kappa shape index (κ1) is 17.4. The summed E-state index contributed by atoms with van der Waals surface area (Å²) in [5.41, 5.74) is -1.09. The van der Waals surface area contributed by atoms with E-state index in [4.69, 9.17) is 13.9 Å². The van der Waals surface area contributed by atoms with E-state index in [0.29, 0.717) is 5.69 Å². The van der Waals surface area contributed by atoms with Crippen molar-refractivity contribution in [3.05, 3.63) is 70.8 Å². The first-order valence-electron chi connectivity index (χ1n) is 8.50. The number of alkyl halides is 3. The Labute approximate surface area is 160 Å². The van der Waals surface area contributed by atoms with Crippen LogP contribution in [-0.2, 0) is 6.18 Å².